The molecule has 0 aliphatic heterocycles. The Morgan fingerprint density at radius 2 is 2.05 bits per heavy atom. The van der Waals surface area contributed by atoms with E-state index in [9.17, 15) is 9.18 Å². The van der Waals surface area contributed by atoms with Crippen LogP contribution in [0.15, 0.2) is 24.3 Å². The molecule has 1 aliphatic rings. The van der Waals surface area contributed by atoms with Crippen LogP contribution in [0.2, 0.25) is 0 Å². The maximum atomic E-state index is 13.4. The van der Waals surface area contributed by atoms with Gasteiger partial charge in [-0.25, -0.2) is 4.39 Å². The summed E-state index contributed by atoms with van der Waals surface area (Å²) in [6.07, 6.45) is 5.87. The molecular weight excluding hydrogens is 271 g/mol. The van der Waals surface area contributed by atoms with E-state index in [0.29, 0.717) is 12.5 Å². The van der Waals surface area contributed by atoms with Crippen molar-refractivity contribution >= 4 is 5.91 Å². The molecule has 0 spiro atoms. The van der Waals surface area contributed by atoms with Gasteiger partial charge in [0.05, 0.1) is 0 Å². The van der Waals surface area contributed by atoms with E-state index in [1.165, 1.54) is 31.4 Å². The molecule has 1 amide bonds. The molecule has 1 fully saturated rings. The minimum atomic E-state index is -0.465. The molecule has 0 saturated heterocycles. The van der Waals surface area contributed by atoms with Gasteiger partial charge in [0.15, 0.2) is 18.2 Å². The summed E-state index contributed by atoms with van der Waals surface area (Å²) >= 11 is 0. The summed E-state index contributed by atoms with van der Waals surface area (Å²) in [5.74, 6) is -0.178. The molecule has 116 valence electrons. The highest BCUT2D eigenvalue weighted by Gasteiger charge is 2.24. The molecule has 4 nitrogen and oxygen atoms in total. The Balaban J connectivity index is 1.81. The van der Waals surface area contributed by atoms with Gasteiger partial charge in [0.1, 0.15) is 0 Å². The Kier molecular flexibility index (Phi) is 5.99. The number of amides is 1. The number of hydrogen-bond acceptors (Lipinski definition) is 3. The molecule has 1 saturated carbocycles. The van der Waals surface area contributed by atoms with Gasteiger partial charge in [0.2, 0.25) is 0 Å². The van der Waals surface area contributed by atoms with Gasteiger partial charge in [0, 0.05) is 12.6 Å². The van der Waals surface area contributed by atoms with Crippen molar-refractivity contribution in [2.75, 3.05) is 13.2 Å². The minimum absolute atomic E-state index is 0.0120. The first-order chi connectivity index (χ1) is 10.2. The Morgan fingerprint density at radius 3 is 2.71 bits per heavy atom. The lowest BCUT2D eigenvalue weighted by Gasteiger charge is -2.30. The average Bonchev–Trinajstić information content (AvgIpc) is 2.52. The lowest BCUT2D eigenvalue weighted by atomic mass is 9.84. The molecule has 3 N–H and O–H groups in total. The summed E-state index contributed by atoms with van der Waals surface area (Å²) in [6, 6.07) is 6.04. The van der Waals surface area contributed by atoms with Crippen molar-refractivity contribution in [3.63, 3.8) is 0 Å². The van der Waals surface area contributed by atoms with Crippen LogP contribution in [0, 0.1) is 11.7 Å². The van der Waals surface area contributed by atoms with Crippen LogP contribution in [-0.2, 0) is 4.79 Å². The van der Waals surface area contributed by atoms with Crippen molar-refractivity contribution in [1.29, 1.82) is 0 Å². The second-order valence-electron chi connectivity index (χ2n) is 5.53. The van der Waals surface area contributed by atoms with Crippen molar-refractivity contribution < 1.29 is 13.9 Å². The van der Waals surface area contributed by atoms with E-state index in [1.54, 1.807) is 12.1 Å². The van der Waals surface area contributed by atoms with Crippen molar-refractivity contribution in [2.45, 2.75) is 38.1 Å². The van der Waals surface area contributed by atoms with Gasteiger partial charge in [-0.1, -0.05) is 31.4 Å². The van der Waals surface area contributed by atoms with Gasteiger partial charge in [-0.2, -0.15) is 0 Å². The third-order valence-corrected chi connectivity index (χ3v) is 4.01. The first-order valence-corrected chi connectivity index (χ1v) is 7.57. The number of hydrogen-bond donors (Lipinski definition) is 2. The van der Waals surface area contributed by atoms with Crippen molar-refractivity contribution in [1.82, 2.24) is 5.32 Å². The largest absolute Gasteiger partial charge is 0.481 e. The zero-order valence-corrected chi connectivity index (χ0v) is 12.2. The standard InChI is InChI=1S/C16H23FN2O2/c17-13-8-4-5-9-15(13)21-11-16(20)19-14(10-18)12-6-2-1-3-7-12/h4-5,8-9,12,14H,1-3,6-7,10-11,18H2,(H,19,20). The Bertz CT molecular complexity index is 461. The van der Waals surface area contributed by atoms with Crippen LogP contribution < -0.4 is 15.8 Å². The SMILES string of the molecule is NCC(NC(=O)COc1ccccc1F)C1CCCCC1. The molecule has 2 rings (SSSR count). The molecular formula is C16H23FN2O2. The average molecular weight is 294 g/mol. The summed E-state index contributed by atoms with van der Waals surface area (Å²) in [4.78, 5) is 11.9. The molecule has 1 unspecified atom stereocenters. The fourth-order valence-corrected chi connectivity index (χ4v) is 2.86. The highest BCUT2D eigenvalue weighted by atomic mass is 19.1. The van der Waals surface area contributed by atoms with E-state index in [0.717, 1.165) is 12.8 Å². The van der Waals surface area contributed by atoms with Gasteiger partial charge in [-0.15, -0.1) is 0 Å². The molecule has 0 heterocycles. The number of nitrogens with two attached hydrogens (primary N) is 1. The molecule has 0 bridgehead atoms. The van der Waals surface area contributed by atoms with Crippen molar-refractivity contribution in [3.8, 4) is 5.75 Å². The molecule has 21 heavy (non-hydrogen) atoms. The number of benzene rings is 1. The van der Waals surface area contributed by atoms with Crippen LogP contribution >= 0.6 is 0 Å². The zero-order chi connectivity index (χ0) is 15.1. The lowest BCUT2D eigenvalue weighted by molar-refractivity contribution is -0.124. The fourth-order valence-electron chi connectivity index (χ4n) is 2.86. The van der Waals surface area contributed by atoms with Gasteiger partial charge in [0.25, 0.3) is 5.91 Å². The van der Waals surface area contributed by atoms with Crippen molar-refractivity contribution in [3.05, 3.63) is 30.1 Å². The second-order valence-corrected chi connectivity index (χ2v) is 5.53. The van der Waals surface area contributed by atoms with Crippen LogP contribution in [0.3, 0.4) is 0 Å². The van der Waals surface area contributed by atoms with Crippen LogP contribution in [0.25, 0.3) is 0 Å². The van der Waals surface area contributed by atoms with Gasteiger partial charge < -0.3 is 15.8 Å². The normalized spacial score (nSPS) is 17.2. The monoisotopic (exact) mass is 294 g/mol. The number of rotatable bonds is 6. The van der Waals surface area contributed by atoms with Crippen molar-refractivity contribution in [2.24, 2.45) is 11.7 Å². The van der Waals surface area contributed by atoms with Gasteiger partial charge in [-0.3, -0.25) is 4.79 Å². The quantitative estimate of drug-likeness (QED) is 0.845. The molecule has 0 aromatic heterocycles. The summed E-state index contributed by atoms with van der Waals surface area (Å²) in [6.45, 7) is 0.236. The molecule has 1 aromatic rings. The van der Waals surface area contributed by atoms with E-state index in [1.807, 2.05) is 0 Å². The predicted molar refractivity (Wildman–Crippen MR) is 79.5 cm³/mol. The van der Waals surface area contributed by atoms with Crippen LogP contribution in [0.1, 0.15) is 32.1 Å². The van der Waals surface area contributed by atoms with E-state index < -0.39 is 5.82 Å². The van der Waals surface area contributed by atoms with E-state index in [4.69, 9.17) is 10.5 Å². The molecule has 0 radical (unpaired) electrons. The highest BCUT2D eigenvalue weighted by molar-refractivity contribution is 5.77. The maximum Gasteiger partial charge on any atom is 0.258 e. The number of carbonyl (C=O) groups is 1. The maximum absolute atomic E-state index is 13.4. The Morgan fingerprint density at radius 1 is 1.33 bits per heavy atom. The lowest BCUT2D eigenvalue weighted by Crippen LogP contribution is -2.47. The van der Waals surface area contributed by atoms with E-state index >= 15 is 0 Å². The molecule has 1 aliphatic carbocycles. The number of para-hydroxylation sites is 1. The summed E-state index contributed by atoms with van der Waals surface area (Å²) in [5.41, 5.74) is 5.77. The van der Waals surface area contributed by atoms with Crippen LogP contribution in [-0.4, -0.2) is 25.1 Å². The zero-order valence-electron chi connectivity index (χ0n) is 12.2. The highest BCUT2D eigenvalue weighted by Crippen LogP contribution is 2.26. The van der Waals surface area contributed by atoms with E-state index in [-0.39, 0.29) is 24.3 Å². The third kappa shape index (κ3) is 4.70. The Hall–Kier alpha value is -1.62. The van der Waals surface area contributed by atoms with Gasteiger partial charge >= 0.3 is 0 Å². The van der Waals surface area contributed by atoms with Crippen LogP contribution in [0.4, 0.5) is 4.39 Å². The minimum Gasteiger partial charge on any atom is -0.481 e. The van der Waals surface area contributed by atoms with Crippen LogP contribution in [0.5, 0.6) is 5.75 Å². The smallest absolute Gasteiger partial charge is 0.258 e. The molecule has 1 aromatic carbocycles. The first kappa shape index (κ1) is 15.8. The molecule has 1 atom stereocenters. The molecule has 5 heteroatoms. The number of nitrogens with one attached hydrogen (secondary N) is 1. The van der Waals surface area contributed by atoms with Gasteiger partial charge in [-0.05, 0) is 30.9 Å². The summed E-state index contributed by atoms with van der Waals surface area (Å²) in [5, 5.41) is 2.91. The fraction of sp³-hybridized carbons (Fsp3) is 0.562. The third-order valence-electron chi connectivity index (χ3n) is 4.01. The summed E-state index contributed by atoms with van der Waals surface area (Å²) in [7, 11) is 0. The Labute approximate surface area is 124 Å². The number of carbonyl (C=O) groups excluding carboxylic acids is 1. The van der Waals surface area contributed by atoms with E-state index in [2.05, 4.69) is 5.32 Å². The first-order valence-electron chi connectivity index (χ1n) is 7.57. The number of halogens is 1. The second kappa shape index (κ2) is 7.98. The predicted octanol–water partition coefficient (Wildman–Crippen LogP) is 2.23. The topological polar surface area (TPSA) is 64.3 Å². The number of ether oxygens (including phenoxy) is 1. The summed E-state index contributed by atoms with van der Waals surface area (Å²) < 4.78 is 18.6.